The molecule has 1 aliphatic carbocycles. The molecule has 1 N–H and O–H groups in total. The molecule has 0 aliphatic heterocycles. The van der Waals surface area contributed by atoms with Gasteiger partial charge in [-0.05, 0) is 89.8 Å². The molecule has 7 rings (SSSR count). The van der Waals surface area contributed by atoms with Gasteiger partial charge in [-0.3, -0.25) is 0 Å². The van der Waals surface area contributed by atoms with Gasteiger partial charge >= 0.3 is 0 Å². The predicted molar refractivity (Wildman–Crippen MR) is 162 cm³/mol. The Morgan fingerprint density at radius 2 is 1.71 bits per heavy atom. The van der Waals surface area contributed by atoms with E-state index < -0.39 is 0 Å². The standard InChI is InChI=1S/C34H33N7/c1-4-31-36-32-22(3)19-26(16-13-23-10-6-5-9-21(23)2)35-34(32)41(31)30-18-15-25-20-24(14-17-28(25)30)27-11-7-8-12-29(27)33-37-39-40-38-33/h5-12,14,17,19-20,30H,4,13,15-16,18H2,1-3H3,(H,37,38,39,40)/t30-/m0/s1. The first-order valence-electron chi connectivity index (χ1n) is 14.5. The molecule has 3 aromatic heterocycles. The van der Waals surface area contributed by atoms with E-state index in [1.54, 1.807) is 0 Å². The van der Waals surface area contributed by atoms with Gasteiger partial charge in [0, 0.05) is 17.7 Å². The SMILES string of the molecule is CCc1nc2c(C)cc(CCc3ccccc3C)nc2n1[C@H]1CCc2cc(-c3ccccc3-c3nn[nH]n3)ccc21. The van der Waals surface area contributed by atoms with E-state index >= 15 is 0 Å². The fraction of sp³-hybridized carbons (Fsp3) is 0.265. The van der Waals surface area contributed by atoms with Crippen LogP contribution in [0, 0.1) is 13.8 Å². The third-order valence-electron chi connectivity index (χ3n) is 8.52. The molecule has 3 aromatic carbocycles. The van der Waals surface area contributed by atoms with E-state index in [2.05, 4.69) is 107 Å². The van der Waals surface area contributed by atoms with Crippen LogP contribution in [0.4, 0.5) is 0 Å². The average Bonchev–Trinajstić information content (AvgIpc) is 3.75. The zero-order valence-electron chi connectivity index (χ0n) is 23.7. The molecule has 7 heteroatoms. The maximum absolute atomic E-state index is 5.25. The number of nitrogens with one attached hydrogen (secondary N) is 1. The summed E-state index contributed by atoms with van der Waals surface area (Å²) in [5, 5.41) is 14.8. The Kier molecular flexibility index (Phi) is 6.42. The van der Waals surface area contributed by atoms with Crippen LogP contribution in [0.25, 0.3) is 33.7 Å². The van der Waals surface area contributed by atoms with E-state index in [0.717, 1.165) is 65.9 Å². The third kappa shape index (κ3) is 4.51. The number of hydrogen-bond donors (Lipinski definition) is 1. The summed E-state index contributed by atoms with van der Waals surface area (Å²) < 4.78 is 2.43. The van der Waals surface area contributed by atoms with Crippen LogP contribution < -0.4 is 0 Å². The zero-order valence-corrected chi connectivity index (χ0v) is 23.7. The van der Waals surface area contributed by atoms with Gasteiger partial charge in [-0.15, -0.1) is 10.2 Å². The summed E-state index contributed by atoms with van der Waals surface area (Å²) in [6.07, 6.45) is 4.83. The summed E-state index contributed by atoms with van der Waals surface area (Å²) in [4.78, 5) is 10.4. The van der Waals surface area contributed by atoms with Crippen LogP contribution in [-0.2, 0) is 25.7 Å². The Morgan fingerprint density at radius 1 is 0.878 bits per heavy atom. The van der Waals surface area contributed by atoms with Crippen molar-refractivity contribution < 1.29 is 0 Å². The smallest absolute Gasteiger partial charge is 0.205 e. The largest absolute Gasteiger partial charge is 0.305 e. The van der Waals surface area contributed by atoms with Crippen LogP contribution in [-0.4, -0.2) is 35.2 Å². The maximum atomic E-state index is 5.25. The molecule has 0 bridgehead atoms. The molecule has 0 radical (unpaired) electrons. The van der Waals surface area contributed by atoms with Crippen LogP contribution in [0.2, 0.25) is 0 Å². The molecule has 3 heterocycles. The first-order valence-corrected chi connectivity index (χ1v) is 14.5. The van der Waals surface area contributed by atoms with Gasteiger partial charge in [0.2, 0.25) is 5.82 Å². The van der Waals surface area contributed by atoms with Crippen molar-refractivity contribution in [2.24, 2.45) is 0 Å². The van der Waals surface area contributed by atoms with Crippen molar-refractivity contribution in [3.8, 4) is 22.5 Å². The van der Waals surface area contributed by atoms with E-state index in [0.29, 0.717) is 5.82 Å². The Labute approximate surface area is 239 Å². The van der Waals surface area contributed by atoms with Gasteiger partial charge in [0.05, 0.1) is 6.04 Å². The number of aryl methyl sites for hydroxylation is 6. The number of tetrazole rings is 1. The number of pyridine rings is 1. The molecule has 0 amide bonds. The first-order chi connectivity index (χ1) is 20.1. The fourth-order valence-electron chi connectivity index (χ4n) is 6.42. The van der Waals surface area contributed by atoms with Crippen molar-refractivity contribution >= 4 is 11.2 Å². The lowest BCUT2D eigenvalue weighted by molar-refractivity contribution is 0.566. The molecule has 6 aromatic rings. The van der Waals surface area contributed by atoms with Gasteiger partial charge in [-0.1, -0.05) is 73.7 Å². The topological polar surface area (TPSA) is 85.2 Å². The summed E-state index contributed by atoms with van der Waals surface area (Å²) in [6.45, 7) is 6.56. The van der Waals surface area contributed by atoms with E-state index in [9.17, 15) is 0 Å². The number of aromatic nitrogens is 7. The Morgan fingerprint density at radius 3 is 2.51 bits per heavy atom. The molecule has 0 spiro atoms. The number of nitrogens with zero attached hydrogens (tertiary/aromatic N) is 6. The molecule has 0 fully saturated rings. The van der Waals surface area contributed by atoms with Crippen LogP contribution in [0.15, 0.2) is 72.8 Å². The predicted octanol–water partition coefficient (Wildman–Crippen LogP) is 6.78. The Bertz CT molecular complexity index is 1870. The quantitative estimate of drug-likeness (QED) is 0.242. The van der Waals surface area contributed by atoms with Gasteiger partial charge in [-0.25, -0.2) is 9.97 Å². The van der Waals surface area contributed by atoms with Crippen LogP contribution in [0.5, 0.6) is 0 Å². The van der Waals surface area contributed by atoms with Gasteiger partial charge < -0.3 is 4.57 Å². The van der Waals surface area contributed by atoms with Crippen molar-refractivity contribution in [1.29, 1.82) is 0 Å². The number of fused-ring (bicyclic) bond motifs is 2. The van der Waals surface area contributed by atoms with Crippen molar-refractivity contribution in [2.75, 3.05) is 0 Å². The first kappa shape index (κ1) is 25.3. The minimum atomic E-state index is 0.227. The van der Waals surface area contributed by atoms with Gasteiger partial charge in [0.1, 0.15) is 11.3 Å². The van der Waals surface area contributed by atoms with E-state index in [4.69, 9.17) is 9.97 Å². The molecule has 1 atom stereocenters. The Hall–Kier alpha value is -4.65. The lowest BCUT2D eigenvalue weighted by atomic mass is 9.96. The highest BCUT2D eigenvalue weighted by molar-refractivity contribution is 5.81. The second-order valence-electron chi connectivity index (χ2n) is 11.0. The molecule has 41 heavy (non-hydrogen) atoms. The lowest BCUT2D eigenvalue weighted by Crippen LogP contribution is -2.12. The van der Waals surface area contributed by atoms with Crippen molar-refractivity contribution in [2.45, 2.75) is 58.9 Å². The molecule has 0 saturated heterocycles. The van der Waals surface area contributed by atoms with Crippen LogP contribution in [0.3, 0.4) is 0 Å². The highest BCUT2D eigenvalue weighted by atomic mass is 15.5. The number of imidazole rings is 1. The average molecular weight is 540 g/mol. The number of hydrogen-bond acceptors (Lipinski definition) is 5. The minimum Gasteiger partial charge on any atom is -0.305 e. The van der Waals surface area contributed by atoms with Gasteiger partial charge in [-0.2, -0.15) is 5.21 Å². The lowest BCUT2D eigenvalue weighted by Gasteiger charge is -2.18. The molecular formula is C34H33N7. The molecule has 0 unspecified atom stereocenters. The van der Waals surface area contributed by atoms with Gasteiger partial charge in [0.15, 0.2) is 5.65 Å². The molecular weight excluding hydrogens is 506 g/mol. The summed E-state index contributed by atoms with van der Waals surface area (Å²) >= 11 is 0. The normalized spacial score (nSPS) is 14.6. The maximum Gasteiger partial charge on any atom is 0.205 e. The summed E-state index contributed by atoms with van der Waals surface area (Å²) in [7, 11) is 0. The minimum absolute atomic E-state index is 0.227. The third-order valence-corrected chi connectivity index (χ3v) is 8.52. The second kappa shape index (κ2) is 10.4. The number of H-pyrrole nitrogens is 1. The Balaban J connectivity index is 1.26. The van der Waals surface area contributed by atoms with Crippen LogP contribution >= 0.6 is 0 Å². The summed E-state index contributed by atoms with van der Waals surface area (Å²) in [5.41, 5.74) is 13.1. The van der Waals surface area contributed by atoms with Crippen molar-refractivity contribution in [1.82, 2.24) is 35.2 Å². The second-order valence-corrected chi connectivity index (χ2v) is 11.0. The monoisotopic (exact) mass is 539 g/mol. The van der Waals surface area contributed by atoms with E-state index in [-0.39, 0.29) is 6.04 Å². The van der Waals surface area contributed by atoms with Crippen molar-refractivity contribution in [3.63, 3.8) is 0 Å². The zero-order chi connectivity index (χ0) is 27.9. The number of aromatic amines is 1. The highest BCUT2D eigenvalue weighted by Gasteiger charge is 2.29. The van der Waals surface area contributed by atoms with E-state index in [1.807, 2.05) is 12.1 Å². The highest BCUT2D eigenvalue weighted by Crippen LogP contribution is 2.40. The van der Waals surface area contributed by atoms with Crippen molar-refractivity contribution in [3.05, 3.63) is 112 Å². The van der Waals surface area contributed by atoms with E-state index in [1.165, 1.54) is 33.4 Å². The van der Waals surface area contributed by atoms with Crippen LogP contribution in [0.1, 0.15) is 58.7 Å². The molecule has 1 aliphatic rings. The molecule has 204 valence electrons. The molecule has 0 saturated carbocycles. The number of rotatable bonds is 7. The van der Waals surface area contributed by atoms with Gasteiger partial charge in [0.25, 0.3) is 0 Å². The summed E-state index contributed by atoms with van der Waals surface area (Å²) in [6, 6.07) is 26.2. The fourth-order valence-corrected chi connectivity index (χ4v) is 6.42. The molecule has 7 nitrogen and oxygen atoms in total. The summed E-state index contributed by atoms with van der Waals surface area (Å²) in [5.74, 6) is 1.71. The number of benzene rings is 3.